The van der Waals surface area contributed by atoms with Crippen molar-refractivity contribution in [3.63, 3.8) is 0 Å². The Kier molecular flexibility index (Phi) is 5.11. The van der Waals surface area contributed by atoms with Gasteiger partial charge in [-0.3, -0.25) is 9.59 Å². The Morgan fingerprint density at radius 3 is 2.80 bits per heavy atom. The average Bonchev–Trinajstić information content (AvgIpc) is 3.01. The van der Waals surface area contributed by atoms with Crippen molar-refractivity contribution in [2.75, 3.05) is 13.1 Å². The van der Waals surface area contributed by atoms with E-state index < -0.39 is 5.97 Å². The van der Waals surface area contributed by atoms with Crippen LogP contribution in [0.25, 0.3) is 5.69 Å². The molecule has 1 saturated heterocycles. The number of benzene rings is 1. The van der Waals surface area contributed by atoms with E-state index in [1.165, 1.54) is 6.33 Å². The van der Waals surface area contributed by atoms with Crippen LogP contribution in [-0.2, 0) is 4.79 Å². The number of amides is 1. The third kappa shape index (κ3) is 4.04. The number of nitrogens with zero attached hydrogens (tertiary/aromatic N) is 4. The molecular formula is C18H22N4O3. The molecule has 2 aromatic rings. The largest absolute Gasteiger partial charge is 0.481 e. The summed E-state index contributed by atoms with van der Waals surface area (Å²) in [5.74, 6) is -0.597. The average molecular weight is 342 g/mol. The van der Waals surface area contributed by atoms with E-state index in [1.807, 2.05) is 30.0 Å². The first-order valence-corrected chi connectivity index (χ1v) is 8.51. The molecule has 0 saturated carbocycles. The van der Waals surface area contributed by atoms with Crippen LogP contribution in [0.2, 0.25) is 0 Å². The van der Waals surface area contributed by atoms with E-state index in [4.69, 9.17) is 5.11 Å². The fourth-order valence-corrected chi connectivity index (χ4v) is 3.38. The number of likely N-dealkylation sites (tertiary alicyclic amines) is 1. The van der Waals surface area contributed by atoms with E-state index in [0.29, 0.717) is 18.7 Å². The van der Waals surface area contributed by atoms with Crippen LogP contribution < -0.4 is 0 Å². The summed E-state index contributed by atoms with van der Waals surface area (Å²) in [6.07, 6.45) is 5.74. The minimum atomic E-state index is -0.760. The summed E-state index contributed by atoms with van der Waals surface area (Å²) >= 11 is 0. The number of aliphatic carboxylic acids is 1. The minimum absolute atomic E-state index is 0.00390. The lowest BCUT2D eigenvalue weighted by atomic mass is 9.97. The predicted octanol–water partition coefficient (Wildman–Crippen LogP) is 2.29. The molecule has 25 heavy (non-hydrogen) atoms. The molecule has 1 amide bonds. The predicted molar refractivity (Wildman–Crippen MR) is 91.6 cm³/mol. The first-order valence-electron chi connectivity index (χ1n) is 8.51. The molecule has 0 radical (unpaired) electrons. The lowest BCUT2D eigenvalue weighted by Gasteiger charge is -2.21. The van der Waals surface area contributed by atoms with Crippen molar-refractivity contribution in [3.05, 3.63) is 42.0 Å². The van der Waals surface area contributed by atoms with Gasteiger partial charge in [0, 0.05) is 25.1 Å². The zero-order valence-corrected chi connectivity index (χ0v) is 14.3. The molecule has 7 heteroatoms. The molecule has 3 rings (SSSR count). The second kappa shape index (κ2) is 7.46. The monoisotopic (exact) mass is 342 g/mol. The van der Waals surface area contributed by atoms with Crippen LogP contribution in [0.3, 0.4) is 0 Å². The van der Waals surface area contributed by atoms with Crippen LogP contribution in [0.5, 0.6) is 0 Å². The van der Waals surface area contributed by atoms with Gasteiger partial charge >= 0.3 is 5.97 Å². The molecule has 1 aromatic carbocycles. The van der Waals surface area contributed by atoms with Gasteiger partial charge in [-0.15, -0.1) is 0 Å². The standard InChI is InChI=1S/C18H22N4O3/c1-13-9-15(4-5-16(13)22-12-19-11-20-22)18(25)21-7-2-3-14(6-8-21)10-17(23)24/h4-5,9,11-12,14H,2-3,6-8,10H2,1H3,(H,23,24)/t14-/m0/s1. The van der Waals surface area contributed by atoms with Gasteiger partial charge in [0.15, 0.2) is 0 Å². The Morgan fingerprint density at radius 2 is 2.12 bits per heavy atom. The molecule has 0 spiro atoms. The van der Waals surface area contributed by atoms with Gasteiger partial charge in [0.25, 0.3) is 5.91 Å². The number of carboxylic acids is 1. The fraction of sp³-hybridized carbons (Fsp3) is 0.444. The Bertz CT molecular complexity index is 758. The van der Waals surface area contributed by atoms with Gasteiger partial charge in [-0.25, -0.2) is 9.67 Å². The van der Waals surface area contributed by atoms with Crippen LogP contribution in [-0.4, -0.2) is 49.7 Å². The summed E-state index contributed by atoms with van der Waals surface area (Å²) in [6, 6.07) is 5.56. The summed E-state index contributed by atoms with van der Waals surface area (Å²) in [5.41, 5.74) is 2.50. The highest BCUT2D eigenvalue weighted by molar-refractivity contribution is 5.94. The summed E-state index contributed by atoms with van der Waals surface area (Å²) in [7, 11) is 0. The molecule has 7 nitrogen and oxygen atoms in total. The number of carbonyl (C=O) groups is 2. The van der Waals surface area contributed by atoms with Crippen molar-refractivity contribution in [3.8, 4) is 5.69 Å². The van der Waals surface area contributed by atoms with Gasteiger partial charge in [0.1, 0.15) is 12.7 Å². The van der Waals surface area contributed by atoms with E-state index in [9.17, 15) is 9.59 Å². The minimum Gasteiger partial charge on any atom is -0.481 e. The highest BCUT2D eigenvalue weighted by Gasteiger charge is 2.23. The second-order valence-electron chi connectivity index (χ2n) is 6.53. The van der Waals surface area contributed by atoms with Crippen LogP contribution >= 0.6 is 0 Å². The number of carbonyl (C=O) groups excluding carboxylic acids is 1. The normalized spacial score (nSPS) is 18.0. The van der Waals surface area contributed by atoms with E-state index in [0.717, 1.165) is 30.5 Å². The van der Waals surface area contributed by atoms with Gasteiger partial charge in [0.2, 0.25) is 0 Å². The molecule has 1 atom stereocenters. The van der Waals surface area contributed by atoms with Crippen molar-refractivity contribution < 1.29 is 14.7 Å². The number of aromatic nitrogens is 3. The van der Waals surface area contributed by atoms with Crippen molar-refractivity contribution in [2.45, 2.75) is 32.6 Å². The van der Waals surface area contributed by atoms with Gasteiger partial charge in [-0.2, -0.15) is 5.10 Å². The molecule has 1 fully saturated rings. The molecular weight excluding hydrogens is 320 g/mol. The molecule has 1 aliphatic heterocycles. The van der Waals surface area contributed by atoms with E-state index in [1.54, 1.807) is 11.0 Å². The first kappa shape index (κ1) is 17.1. The molecule has 1 aromatic heterocycles. The topological polar surface area (TPSA) is 88.3 Å². The number of carboxylic acid groups (broad SMARTS) is 1. The van der Waals surface area contributed by atoms with Crippen LogP contribution in [0.15, 0.2) is 30.9 Å². The SMILES string of the molecule is Cc1cc(C(=O)N2CCC[C@H](CC(=O)O)CC2)ccc1-n1cncn1. The van der Waals surface area contributed by atoms with Crippen molar-refractivity contribution in [2.24, 2.45) is 5.92 Å². The van der Waals surface area contributed by atoms with Crippen molar-refractivity contribution in [1.29, 1.82) is 0 Å². The van der Waals surface area contributed by atoms with Crippen LogP contribution in [0.4, 0.5) is 0 Å². The molecule has 0 unspecified atom stereocenters. The number of rotatable bonds is 4. The molecule has 1 aliphatic rings. The van der Waals surface area contributed by atoms with Crippen LogP contribution in [0.1, 0.15) is 41.6 Å². The molecule has 0 bridgehead atoms. The number of hydrogen-bond donors (Lipinski definition) is 1. The summed E-state index contributed by atoms with van der Waals surface area (Å²) < 4.78 is 1.67. The van der Waals surface area contributed by atoms with Gasteiger partial charge in [-0.05, 0) is 55.9 Å². The zero-order valence-electron chi connectivity index (χ0n) is 14.3. The van der Waals surface area contributed by atoms with Crippen molar-refractivity contribution in [1.82, 2.24) is 19.7 Å². The molecule has 132 valence electrons. The Balaban J connectivity index is 1.70. The zero-order chi connectivity index (χ0) is 17.8. The van der Waals surface area contributed by atoms with E-state index >= 15 is 0 Å². The molecule has 0 aliphatic carbocycles. The van der Waals surface area contributed by atoms with E-state index in [2.05, 4.69) is 10.1 Å². The molecule has 1 N–H and O–H groups in total. The quantitative estimate of drug-likeness (QED) is 0.921. The lowest BCUT2D eigenvalue weighted by molar-refractivity contribution is -0.138. The van der Waals surface area contributed by atoms with E-state index in [-0.39, 0.29) is 18.2 Å². The third-order valence-corrected chi connectivity index (χ3v) is 4.71. The Hall–Kier alpha value is -2.70. The number of hydrogen-bond acceptors (Lipinski definition) is 4. The van der Waals surface area contributed by atoms with Gasteiger partial charge in [-0.1, -0.05) is 0 Å². The van der Waals surface area contributed by atoms with Crippen molar-refractivity contribution >= 4 is 11.9 Å². The van der Waals surface area contributed by atoms with Gasteiger partial charge in [0.05, 0.1) is 5.69 Å². The fourth-order valence-electron chi connectivity index (χ4n) is 3.38. The summed E-state index contributed by atoms with van der Waals surface area (Å²) in [4.78, 5) is 29.5. The second-order valence-corrected chi connectivity index (χ2v) is 6.53. The number of aryl methyl sites for hydroxylation is 1. The van der Waals surface area contributed by atoms with Gasteiger partial charge < -0.3 is 10.0 Å². The first-order chi connectivity index (χ1) is 12.0. The maximum atomic E-state index is 12.8. The Morgan fingerprint density at radius 1 is 1.28 bits per heavy atom. The summed E-state index contributed by atoms with van der Waals surface area (Å²) in [5, 5.41) is 13.1. The highest BCUT2D eigenvalue weighted by Crippen LogP contribution is 2.23. The summed E-state index contributed by atoms with van der Waals surface area (Å²) in [6.45, 7) is 3.23. The highest BCUT2D eigenvalue weighted by atomic mass is 16.4. The molecule has 2 heterocycles. The Labute approximate surface area is 146 Å². The smallest absolute Gasteiger partial charge is 0.303 e. The van der Waals surface area contributed by atoms with Crippen LogP contribution in [0, 0.1) is 12.8 Å². The maximum Gasteiger partial charge on any atom is 0.303 e. The third-order valence-electron chi connectivity index (χ3n) is 4.71. The lowest BCUT2D eigenvalue weighted by Crippen LogP contribution is -2.32. The maximum absolute atomic E-state index is 12.8.